The van der Waals surface area contributed by atoms with Crippen molar-refractivity contribution in [1.82, 2.24) is 0 Å². The van der Waals surface area contributed by atoms with Gasteiger partial charge >= 0.3 is 0 Å². The van der Waals surface area contributed by atoms with Gasteiger partial charge in [-0.3, -0.25) is 14.9 Å². The van der Waals surface area contributed by atoms with Crippen LogP contribution in [0.3, 0.4) is 0 Å². The Morgan fingerprint density at radius 2 is 1.58 bits per heavy atom. The Kier molecular flexibility index (Phi) is 5.66. The first-order valence-electron chi connectivity index (χ1n) is 7.95. The molecule has 0 unspecified atom stereocenters. The first kappa shape index (κ1) is 17.7. The lowest BCUT2D eigenvalue weighted by Crippen LogP contribution is -2.14. The van der Waals surface area contributed by atoms with E-state index in [4.69, 9.17) is 0 Å². The van der Waals surface area contributed by atoms with Gasteiger partial charge in [0.05, 0.1) is 10.7 Å². The minimum Gasteiger partial charge on any atom is -0.325 e. The van der Waals surface area contributed by atoms with Crippen LogP contribution in [-0.4, -0.2) is 16.6 Å². The Balaban J connectivity index is 1.65. The molecule has 0 saturated carbocycles. The molecule has 5 nitrogen and oxygen atoms in total. The van der Waals surface area contributed by atoms with Gasteiger partial charge in [0.15, 0.2) is 0 Å². The van der Waals surface area contributed by atoms with Crippen LogP contribution in [0.5, 0.6) is 0 Å². The van der Waals surface area contributed by atoms with Gasteiger partial charge in [-0.15, -0.1) is 11.8 Å². The molecule has 1 N–H and O–H groups in total. The molecule has 0 saturated heterocycles. The van der Waals surface area contributed by atoms with Crippen molar-refractivity contribution in [1.29, 1.82) is 0 Å². The first-order chi connectivity index (χ1) is 12.6. The van der Waals surface area contributed by atoms with Gasteiger partial charge in [-0.05, 0) is 23.8 Å². The third-order valence-corrected chi connectivity index (χ3v) is 4.72. The summed E-state index contributed by atoms with van der Waals surface area (Å²) in [4.78, 5) is 23.3. The summed E-state index contributed by atoms with van der Waals surface area (Å²) in [6.07, 6.45) is 0. The van der Waals surface area contributed by atoms with E-state index in [1.807, 2.05) is 54.6 Å². The highest BCUT2D eigenvalue weighted by Crippen LogP contribution is 2.28. The number of thioether (sulfide) groups is 1. The molecule has 0 fully saturated rings. The molecule has 0 radical (unpaired) electrons. The molecule has 26 heavy (non-hydrogen) atoms. The third-order valence-electron chi connectivity index (χ3n) is 3.70. The fraction of sp³-hybridized carbons (Fsp3) is 0.0500. The fourth-order valence-corrected chi connectivity index (χ4v) is 3.16. The monoisotopic (exact) mass is 364 g/mol. The molecular formula is C20H16N2O3S. The maximum Gasteiger partial charge on any atom is 0.269 e. The predicted octanol–water partition coefficient (Wildman–Crippen LogP) is 4.99. The van der Waals surface area contributed by atoms with E-state index < -0.39 is 4.92 Å². The van der Waals surface area contributed by atoms with Crippen LogP contribution in [0.15, 0.2) is 83.8 Å². The van der Waals surface area contributed by atoms with Crippen molar-refractivity contribution >= 4 is 29.0 Å². The summed E-state index contributed by atoms with van der Waals surface area (Å²) in [6.45, 7) is 0. The van der Waals surface area contributed by atoms with Crippen LogP contribution in [0.4, 0.5) is 11.4 Å². The SMILES string of the molecule is O=C(CSc1ccc([N+](=O)[O-])cc1)Nc1ccccc1-c1ccccc1. The van der Waals surface area contributed by atoms with E-state index in [1.54, 1.807) is 12.1 Å². The van der Waals surface area contributed by atoms with E-state index in [0.29, 0.717) is 0 Å². The van der Waals surface area contributed by atoms with Gasteiger partial charge in [0.1, 0.15) is 0 Å². The van der Waals surface area contributed by atoms with E-state index in [-0.39, 0.29) is 17.3 Å². The zero-order valence-electron chi connectivity index (χ0n) is 13.8. The van der Waals surface area contributed by atoms with Gasteiger partial charge in [0.25, 0.3) is 5.69 Å². The number of nitro groups is 1. The minimum absolute atomic E-state index is 0.0376. The van der Waals surface area contributed by atoms with Gasteiger partial charge in [0.2, 0.25) is 5.91 Å². The number of nitrogens with zero attached hydrogens (tertiary/aromatic N) is 1. The molecule has 6 heteroatoms. The molecule has 1 amide bonds. The van der Waals surface area contributed by atoms with Crippen molar-refractivity contribution < 1.29 is 9.72 Å². The van der Waals surface area contributed by atoms with Crippen LogP contribution in [-0.2, 0) is 4.79 Å². The van der Waals surface area contributed by atoms with Gasteiger partial charge < -0.3 is 5.32 Å². The number of carbonyl (C=O) groups excluding carboxylic acids is 1. The number of nitro benzene ring substituents is 1. The minimum atomic E-state index is -0.443. The molecular weight excluding hydrogens is 348 g/mol. The lowest BCUT2D eigenvalue weighted by Gasteiger charge is -2.11. The van der Waals surface area contributed by atoms with Gasteiger partial charge in [-0.1, -0.05) is 48.5 Å². The Labute approximate surface area is 155 Å². The second-order valence-electron chi connectivity index (χ2n) is 5.50. The number of benzene rings is 3. The maximum atomic E-state index is 12.3. The van der Waals surface area contributed by atoms with E-state index in [2.05, 4.69) is 5.32 Å². The molecule has 0 aliphatic rings. The Hall–Kier alpha value is -3.12. The molecule has 3 aromatic carbocycles. The molecule has 130 valence electrons. The highest BCUT2D eigenvalue weighted by molar-refractivity contribution is 8.00. The number of hydrogen-bond acceptors (Lipinski definition) is 4. The number of anilines is 1. The predicted molar refractivity (Wildman–Crippen MR) is 104 cm³/mol. The molecule has 0 atom stereocenters. The highest BCUT2D eigenvalue weighted by atomic mass is 32.2. The first-order valence-corrected chi connectivity index (χ1v) is 8.93. The summed E-state index contributed by atoms with van der Waals surface area (Å²) in [6, 6.07) is 23.7. The Morgan fingerprint density at radius 3 is 2.27 bits per heavy atom. The molecule has 0 aliphatic heterocycles. The van der Waals surface area contributed by atoms with E-state index in [0.717, 1.165) is 21.7 Å². The number of carbonyl (C=O) groups is 1. The second-order valence-corrected chi connectivity index (χ2v) is 6.55. The van der Waals surface area contributed by atoms with Crippen LogP contribution in [0.1, 0.15) is 0 Å². The lowest BCUT2D eigenvalue weighted by atomic mass is 10.0. The summed E-state index contributed by atoms with van der Waals surface area (Å²) in [5, 5.41) is 13.6. The quantitative estimate of drug-likeness (QED) is 0.380. The Bertz CT molecular complexity index is 912. The summed E-state index contributed by atoms with van der Waals surface area (Å²) >= 11 is 1.34. The van der Waals surface area contributed by atoms with E-state index in [1.165, 1.54) is 23.9 Å². The summed E-state index contributed by atoms with van der Waals surface area (Å²) in [5.74, 6) is 0.0951. The molecule has 0 aromatic heterocycles. The molecule has 0 bridgehead atoms. The molecule has 3 rings (SSSR count). The smallest absolute Gasteiger partial charge is 0.269 e. The average molecular weight is 364 g/mol. The second kappa shape index (κ2) is 8.31. The van der Waals surface area contributed by atoms with Crippen LogP contribution in [0, 0.1) is 10.1 Å². The largest absolute Gasteiger partial charge is 0.325 e. The number of amides is 1. The maximum absolute atomic E-state index is 12.3. The number of rotatable bonds is 6. The van der Waals surface area contributed by atoms with Crippen molar-refractivity contribution in [2.24, 2.45) is 0 Å². The summed E-state index contributed by atoms with van der Waals surface area (Å²) in [7, 11) is 0. The summed E-state index contributed by atoms with van der Waals surface area (Å²) < 4.78 is 0. The Morgan fingerprint density at radius 1 is 0.923 bits per heavy atom. The lowest BCUT2D eigenvalue weighted by molar-refractivity contribution is -0.384. The number of hydrogen-bond donors (Lipinski definition) is 1. The number of para-hydroxylation sites is 1. The van der Waals surface area contributed by atoms with Crippen molar-refractivity contribution in [2.45, 2.75) is 4.90 Å². The van der Waals surface area contributed by atoms with E-state index in [9.17, 15) is 14.9 Å². The van der Waals surface area contributed by atoms with Crippen molar-refractivity contribution in [2.75, 3.05) is 11.1 Å². The van der Waals surface area contributed by atoms with E-state index >= 15 is 0 Å². The fourth-order valence-electron chi connectivity index (χ4n) is 2.46. The standard InChI is InChI=1S/C20H16N2O3S/c23-20(14-26-17-12-10-16(11-13-17)22(24)25)21-19-9-5-4-8-18(19)15-6-2-1-3-7-15/h1-13H,14H2,(H,21,23). The van der Waals surface area contributed by atoms with Crippen molar-refractivity contribution in [3.8, 4) is 11.1 Å². The van der Waals surface area contributed by atoms with Gasteiger partial charge in [-0.2, -0.15) is 0 Å². The molecule has 0 aliphatic carbocycles. The number of nitrogens with one attached hydrogen (secondary N) is 1. The number of non-ortho nitro benzene ring substituents is 1. The average Bonchev–Trinajstić information content (AvgIpc) is 2.68. The van der Waals surface area contributed by atoms with Crippen molar-refractivity contribution in [3.05, 3.63) is 89.0 Å². The highest BCUT2D eigenvalue weighted by Gasteiger charge is 2.09. The van der Waals surface area contributed by atoms with Crippen molar-refractivity contribution in [3.63, 3.8) is 0 Å². The topological polar surface area (TPSA) is 72.2 Å². The van der Waals surface area contributed by atoms with Gasteiger partial charge in [-0.25, -0.2) is 0 Å². The van der Waals surface area contributed by atoms with Gasteiger partial charge in [0, 0.05) is 28.3 Å². The zero-order chi connectivity index (χ0) is 18.4. The zero-order valence-corrected chi connectivity index (χ0v) is 14.6. The molecule has 0 spiro atoms. The van der Waals surface area contributed by atoms with Crippen LogP contribution >= 0.6 is 11.8 Å². The van der Waals surface area contributed by atoms with Crippen LogP contribution < -0.4 is 5.32 Å². The molecule has 0 heterocycles. The van der Waals surface area contributed by atoms with Crippen LogP contribution in [0.25, 0.3) is 11.1 Å². The van der Waals surface area contributed by atoms with Crippen LogP contribution in [0.2, 0.25) is 0 Å². The normalized spacial score (nSPS) is 10.3. The molecule has 3 aromatic rings. The summed E-state index contributed by atoms with van der Waals surface area (Å²) in [5.41, 5.74) is 2.79. The third kappa shape index (κ3) is 4.49.